The third-order valence-electron chi connectivity index (χ3n) is 3.31. The molecule has 0 aliphatic rings. The Morgan fingerprint density at radius 2 is 2.15 bits per heavy atom. The van der Waals surface area contributed by atoms with Gasteiger partial charge in [0.2, 0.25) is 5.91 Å². The first kappa shape index (κ1) is 14.1. The van der Waals surface area contributed by atoms with Crippen molar-refractivity contribution in [2.75, 3.05) is 12.3 Å². The van der Waals surface area contributed by atoms with Crippen LogP contribution in [0.2, 0.25) is 0 Å². The van der Waals surface area contributed by atoms with Crippen LogP contribution in [0, 0.1) is 6.92 Å². The lowest BCUT2D eigenvalue weighted by Gasteiger charge is -2.22. The average Bonchev–Trinajstić information content (AvgIpc) is 2.83. The van der Waals surface area contributed by atoms with Gasteiger partial charge in [-0.15, -0.1) is 0 Å². The van der Waals surface area contributed by atoms with E-state index < -0.39 is 0 Å². The van der Waals surface area contributed by atoms with E-state index in [1.807, 2.05) is 24.0 Å². The molecule has 1 aromatic heterocycles. The number of carbonyl (C=O) groups excluding carboxylic acids is 1. The molecular formula is C15H20N4O. The molecular weight excluding hydrogens is 252 g/mol. The van der Waals surface area contributed by atoms with Crippen molar-refractivity contribution >= 4 is 11.6 Å². The van der Waals surface area contributed by atoms with E-state index in [0.717, 1.165) is 0 Å². The molecule has 0 aliphatic heterocycles. The van der Waals surface area contributed by atoms with Crippen LogP contribution >= 0.6 is 0 Å². The minimum atomic E-state index is 0.0406. The number of benzene rings is 1. The zero-order valence-corrected chi connectivity index (χ0v) is 11.9. The molecule has 0 atom stereocenters. The van der Waals surface area contributed by atoms with Crippen LogP contribution in [0.4, 0.5) is 5.69 Å². The van der Waals surface area contributed by atoms with Crippen LogP contribution < -0.4 is 5.73 Å². The molecule has 1 aromatic carbocycles. The molecule has 106 valence electrons. The molecule has 0 unspecified atom stereocenters. The van der Waals surface area contributed by atoms with Crippen LogP contribution in [0.15, 0.2) is 36.7 Å². The van der Waals surface area contributed by atoms with Crippen molar-refractivity contribution in [1.82, 2.24) is 14.7 Å². The van der Waals surface area contributed by atoms with E-state index >= 15 is 0 Å². The maximum Gasteiger partial charge on any atom is 0.244 e. The smallest absolute Gasteiger partial charge is 0.244 e. The van der Waals surface area contributed by atoms with E-state index in [4.69, 9.17) is 5.73 Å². The van der Waals surface area contributed by atoms with E-state index in [-0.39, 0.29) is 12.5 Å². The Bertz CT molecular complexity index is 591. The Kier molecular flexibility index (Phi) is 4.40. The fraction of sp³-hybridized carbons (Fsp3) is 0.333. The number of nitrogens with two attached hydrogens (primary N) is 1. The monoisotopic (exact) mass is 272 g/mol. The van der Waals surface area contributed by atoms with E-state index in [1.54, 1.807) is 17.1 Å². The van der Waals surface area contributed by atoms with E-state index in [9.17, 15) is 4.79 Å². The molecule has 0 fully saturated rings. The van der Waals surface area contributed by atoms with Gasteiger partial charge in [0, 0.05) is 19.3 Å². The van der Waals surface area contributed by atoms with Crippen LogP contribution in [0.5, 0.6) is 0 Å². The summed E-state index contributed by atoms with van der Waals surface area (Å²) in [5, 5.41) is 4.04. The first-order valence-electron chi connectivity index (χ1n) is 6.70. The normalized spacial score (nSPS) is 10.5. The second kappa shape index (κ2) is 6.23. The van der Waals surface area contributed by atoms with Gasteiger partial charge in [-0.3, -0.25) is 9.48 Å². The summed E-state index contributed by atoms with van der Waals surface area (Å²) in [6.07, 6.45) is 3.21. The highest BCUT2D eigenvalue weighted by Crippen LogP contribution is 2.11. The maximum absolute atomic E-state index is 12.3. The summed E-state index contributed by atoms with van der Waals surface area (Å²) >= 11 is 0. The highest BCUT2D eigenvalue weighted by atomic mass is 16.2. The zero-order valence-electron chi connectivity index (χ0n) is 11.9. The quantitative estimate of drug-likeness (QED) is 0.903. The van der Waals surface area contributed by atoms with Crippen molar-refractivity contribution < 1.29 is 4.79 Å². The second-order valence-electron chi connectivity index (χ2n) is 4.81. The molecule has 1 heterocycles. The number of amides is 1. The number of nitrogens with zero attached hydrogens (tertiary/aromatic N) is 3. The van der Waals surface area contributed by atoms with Gasteiger partial charge in [0.25, 0.3) is 0 Å². The number of likely N-dealkylation sites (N-methyl/N-ethyl adjacent to an activating group) is 1. The molecule has 0 saturated carbocycles. The lowest BCUT2D eigenvalue weighted by atomic mass is 10.1. The molecule has 0 bridgehead atoms. The molecule has 0 spiro atoms. The number of aryl methyl sites for hydroxylation is 1. The number of anilines is 1. The van der Waals surface area contributed by atoms with Gasteiger partial charge < -0.3 is 10.6 Å². The molecule has 2 N–H and O–H groups in total. The molecule has 2 rings (SSSR count). The van der Waals surface area contributed by atoms with Gasteiger partial charge in [-0.1, -0.05) is 24.3 Å². The SMILES string of the molecule is CCN(Cc1ccccc1C)C(=O)Cn1cc(N)cn1. The van der Waals surface area contributed by atoms with Crippen molar-refractivity contribution in [3.8, 4) is 0 Å². The Labute approximate surface area is 119 Å². The van der Waals surface area contributed by atoms with Crippen LogP contribution in [-0.4, -0.2) is 27.1 Å². The van der Waals surface area contributed by atoms with Gasteiger partial charge in [-0.2, -0.15) is 5.10 Å². The largest absolute Gasteiger partial charge is 0.396 e. The topological polar surface area (TPSA) is 64.2 Å². The van der Waals surface area contributed by atoms with Crippen molar-refractivity contribution in [1.29, 1.82) is 0 Å². The van der Waals surface area contributed by atoms with Crippen LogP contribution in [0.25, 0.3) is 0 Å². The third kappa shape index (κ3) is 3.38. The Hall–Kier alpha value is -2.30. The van der Waals surface area contributed by atoms with Crippen LogP contribution in [0.3, 0.4) is 0 Å². The van der Waals surface area contributed by atoms with Crippen molar-refractivity contribution in [2.45, 2.75) is 26.9 Å². The molecule has 20 heavy (non-hydrogen) atoms. The first-order chi connectivity index (χ1) is 9.60. The molecule has 0 saturated heterocycles. The third-order valence-corrected chi connectivity index (χ3v) is 3.31. The summed E-state index contributed by atoms with van der Waals surface area (Å²) in [7, 11) is 0. The van der Waals surface area contributed by atoms with Crippen molar-refractivity contribution in [3.63, 3.8) is 0 Å². The average molecular weight is 272 g/mol. The highest BCUT2D eigenvalue weighted by Gasteiger charge is 2.14. The standard InChI is InChI=1S/C15H20N4O/c1-3-18(9-13-7-5-4-6-12(13)2)15(20)11-19-10-14(16)8-17-19/h4-8,10H,3,9,11,16H2,1-2H3. The number of hydrogen-bond donors (Lipinski definition) is 1. The molecule has 0 aliphatic carbocycles. The zero-order chi connectivity index (χ0) is 14.5. The van der Waals surface area contributed by atoms with Crippen LogP contribution in [0.1, 0.15) is 18.1 Å². The number of nitrogen functional groups attached to an aromatic ring is 1. The van der Waals surface area contributed by atoms with Gasteiger partial charge in [0.1, 0.15) is 6.54 Å². The van der Waals surface area contributed by atoms with Gasteiger partial charge in [-0.25, -0.2) is 0 Å². The minimum absolute atomic E-state index is 0.0406. The van der Waals surface area contributed by atoms with Gasteiger partial charge >= 0.3 is 0 Å². The Balaban J connectivity index is 2.04. The first-order valence-corrected chi connectivity index (χ1v) is 6.70. The summed E-state index contributed by atoms with van der Waals surface area (Å²) < 4.78 is 1.57. The lowest BCUT2D eigenvalue weighted by Crippen LogP contribution is -2.33. The number of aromatic nitrogens is 2. The molecule has 5 nitrogen and oxygen atoms in total. The van der Waals surface area contributed by atoms with Crippen LogP contribution in [-0.2, 0) is 17.9 Å². The Morgan fingerprint density at radius 1 is 1.40 bits per heavy atom. The van der Waals surface area contributed by atoms with E-state index in [0.29, 0.717) is 18.8 Å². The predicted molar refractivity (Wildman–Crippen MR) is 78.9 cm³/mol. The summed E-state index contributed by atoms with van der Waals surface area (Å²) in [6, 6.07) is 8.11. The summed E-state index contributed by atoms with van der Waals surface area (Å²) in [4.78, 5) is 14.1. The molecule has 1 amide bonds. The van der Waals surface area contributed by atoms with Crippen molar-refractivity contribution in [2.24, 2.45) is 0 Å². The fourth-order valence-corrected chi connectivity index (χ4v) is 2.07. The predicted octanol–water partition coefficient (Wildman–Crippen LogP) is 1.82. The fourth-order valence-electron chi connectivity index (χ4n) is 2.07. The lowest BCUT2D eigenvalue weighted by molar-refractivity contribution is -0.132. The second-order valence-corrected chi connectivity index (χ2v) is 4.81. The summed E-state index contributed by atoms with van der Waals surface area (Å²) in [6.45, 7) is 5.55. The highest BCUT2D eigenvalue weighted by molar-refractivity contribution is 5.76. The number of rotatable bonds is 5. The Morgan fingerprint density at radius 3 is 2.75 bits per heavy atom. The maximum atomic E-state index is 12.3. The molecule has 2 aromatic rings. The molecule has 0 radical (unpaired) electrons. The van der Waals surface area contributed by atoms with E-state index in [2.05, 4.69) is 24.2 Å². The van der Waals surface area contributed by atoms with E-state index in [1.165, 1.54) is 11.1 Å². The number of hydrogen-bond acceptors (Lipinski definition) is 3. The minimum Gasteiger partial charge on any atom is -0.396 e. The summed E-state index contributed by atoms with van der Waals surface area (Å²) in [5.41, 5.74) is 8.53. The molecule has 5 heteroatoms. The van der Waals surface area contributed by atoms with Gasteiger partial charge in [0.15, 0.2) is 0 Å². The van der Waals surface area contributed by atoms with Gasteiger partial charge in [-0.05, 0) is 25.0 Å². The number of carbonyl (C=O) groups is 1. The summed E-state index contributed by atoms with van der Waals surface area (Å²) in [5.74, 6) is 0.0406. The van der Waals surface area contributed by atoms with Crippen molar-refractivity contribution in [3.05, 3.63) is 47.8 Å². The van der Waals surface area contributed by atoms with Gasteiger partial charge in [0.05, 0.1) is 11.9 Å².